The maximum Gasteiger partial charge on any atom is 0.122 e. The van der Waals surface area contributed by atoms with E-state index in [1.54, 1.807) is 174 Å². The molecule has 0 heterocycles. The molecule has 8 rings (SSSR count). The van der Waals surface area contributed by atoms with Crippen LogP contribution in [0.2, 0.25) is 0 Å². The number of phenolic OH excluding ortho intramolecular Hbond substituents is 4. The first-order valence-electron chi connectivity index (χ1n) is 23.1. The predicted octanol–water partition coefficient (Wildman–Crippen LogP) is 15.5. The van der Waals surface area contributed by atoms with Crippen molar-refractivity contribution in [2.75, 3.05) is 28.4 Å². The van der Waals surface area contributed by atoms with Crippen LogP contribution in [0.25, 0.3) is 0 Å². The quantitative estimate of drug-likeness (QED) is 0.0570. The Labute approximate surface area is 422 Å². The van der Waals surface area contributed by atoms with Gasteiger partial charge in [-0.2, -0.15) is 40.9 Å². The van der Waals surface area contributed by atoms with Crippen molar-refractivity contribution < 1.29 is 39.4 Å². The van der Waals surface area contributed by atoms with Crippen molar-refractivity contribution in [2.24, 2.45) is 40.9 Å². The molecular weight excluding hydrogens is 925 g/mol. The fourth-order valence-electron chi connectivity index (χ4n) is 7.79. The summed E-state index contributed by atoms with van der Waals surface area (Å²) < 4.78 is 21.2. The van der Waals surface area contributed by atoms with E-state index < -0.39 is 0 Å². The molecule has 0 fully saturated rings. The third kappa shape index (κ3) is 12.9. The van der Waals surface area contributed by atoms with E-state index in [0.29, 0.717) is 114 Å². The molecule has 0 aliphatic heterocycles. The number of hydrogen-bond donors (Lipinski definition) is 4. The molecule has 0 saturated carbocycles. The molecule has 8 aromatic carbocycles. The number of hydrogen-bond acceptors (Lipinski definition) is 16. The highest BCUT2D eigenvalue weighted by molar-refractivity contribution is 5.62. The second-order valence-electron chi connectivity index (χ2n) is 16.6. The van der Waals surface area contributed by atoms with Gasteiger partial charge in [0.15, 0.2) is 0 Å². The smallest absolute Gasteiger partial charge is 0.122 e. The fraction of sp³-hybridized carbons (Fsp3) is 0.158. The molecule has 0 aliphatic carbocycles. The van der Waals surface area contributed by atoms with Crippen LogP contribution in [0, 0.1) is 0 Å². The number of aryl methyl sites for hydroxylation is 1. The topological polar surface area (TPSA) is 217 Å². The van der Waals surface area contributed by atoms with Crippen LogP contribution in [0.15, 0.2) is 193 Å². The number of phenols is 4. The number of aromatic hydroxyl groups is 4. The summed E-state index contributed by atoms with van der Waals surface area (Å²) in [6.07, 6.45) is 0.608. The molecular formula is C57H52N8O8. The lowest BCUT2D eigenvalue weighted by Gasteiger charge is -2.16. The first-order chi connectivity index (χ1) is 35.5. The maximum atomic E-state index is 12.2. The molecule has 16 nitrogen and oxygen atoms in total. The predicted molar refractivity (Wildman–Crippen MR) is 279 cm³/mol. The average Bonchev–Trinajstić information content (AvgIpc) is 3.42. The first-order valence-corrected chi connectivity index (χ1v) is 23.1. The van der Waals surface area contributed by atoms with Gasteiger partial charge in [-0.1, -0.05) is 6.92 Å². The zero-order chi connectivity index (χ0) is 51.3. The highest BCUT2D eigenvalue weighted by atomic mass is 16.5. The van der Waals surface area contributed by atoms with Gasteiger partial charge in [0, 0.05) is 52.6 Å². The summed E-state index contributed by atoms with van der Waals surface area (Å²) in [4.78, 5) is 0. The van der Waals surface area contributed by atoms with Gasteiger partial charge in [0.25, 0.3) is 0 Å². The minimum absolute atomic E-state index is 0.0140. The molecule has 368 valence electrons. The van der Waals surface area contributed by atoms with E-state index in [0.717, 1.165) is 0 Å². The van der Waals surface area contributed by atoms with Crippen LogP contribution in [0.1, 0.15) is 45.9 Å². The summed E-state index contributed by atoms with van der Waals surface area (Å²) in [7, 11) is 6.34. The summed E-state index contributed by atoms with van der Waals surface area (Å²) in [5.41, 5.74) is 7.30. The Morgan fingerprint density at radius 2 is 0.521 bits per heavy atom. The van der Waals surface area contributed by atoms with Crippen LogP contribution in [-0.2, 0) is 25.7 Å². The Balaban J connectivity index is 1.19. The summed E-state index contributed by atoms with van der Waals surface area (Å²) in [6, 6.07) is 43.6. The Bertz CT molecular complexity index is 3320. The van der Waals surface area contributed by atoms with Crippen LogP contribution in [0.5, 0.6) is 46.0 Å². The molecule has 0 amide bonds. The Hall–Kier alpha value is -9.44. The number of rotatable bonds is 19. The van der Waals surface area contributed by atoms with Gasteiger partial charge in [0.2, 0.25) is 0 Å². The molecule has 4 N–H and O–H groups in total. The van der Waals surface area contributed by atoms with Crippen molar-refractivity contribution >= 4 is 45.5 Å². The second kappa shape index (κ2) is 23.4. The van der Waals surface area contributed by atoms with Gasteiger partial charge < -0.3 is 39.4 Å². The van der Waals surface area contributed by atoms with E-state index in [4.69, 9.17) is 18.9 Å². The molecule has 0 radical (unpaired) electrons. The summed E-state index contributed by atoms with van der Waals surface area (Å²) in [6.45, 7) is 1.93. The van der Waals surface area contributed by atoms with Crippen molar-refractivity contribution in [1.29, 1.82) is 0 Å². The number of benzene rings is 8. The molecule has 0 aromatic heterocycles. The molecule has 0 spiro atoms. The van der Waals surface area contributed by atoms with E-state index >= 15 is 0 Å². The highest BCUT2D eigenvalue weighted by Crippen LogP contribution is 2.41. The van der Waals surface area contributed by atoms with Gasteiger partial charge in [-0.3, -0.25) is 0 Å². The number of ether oxygens (including phenoxy) is 4. The van der Waals surface area contributed by atoms with E-state index in [9.17, 15) is 20.4 Å². The van der Waals surface area contributed by atoms with Gasteiger partial charge in [0.05, 0.1) is 73.9 Å². The van der Waals surface area contributed by atoms with E-state index in [1.807, 2.05) is 6.92 Å². The average molecular weight is 977 g/mol. The summed E-state index contributed by atoms with van der Waals surface area (Å²) in [5, 5.41) is 82.9. The van der Waals surface area contributed by atoms with Gasteiger partial charge in [0.1, 0.15) is 46.0 Å². The Morgan fingerprint density at radius 1 is 0.288 bits per heavy atom. The normalized spacial score (nSPS) is 11.6. The molecule has 16 heteroatoms. The molecule has 0 saturated heterocycles. The van der Waals surface area contributed by atoms with Gasteiger partial charge in [-0.05, 0) is 164 Å². The lowest BCUT2D eigenvalue weighted by atomic mass is 9.93. The minimum atomic E-state index is -0.0978. The largest absolute Gasteiger partial charge is 0.508 e. The Morgan fingerprint density at radius 3 is 0.822 bits per heavy atom. The van der Waals surface area contributed by atoms with E-state index in [-0.39, 0.29) is 42.3 Å². The monoisotopic (exact) mass is 976 g/mol. The summed E-state index contributed by atoms with van der Waals surface area (Å²) >= 11 is 0. The lowest BCUT2D eigenvalue weighted by Crippen LogP contribution is -1.99. The molecule has 0 bridgehead atoms. The molecule has 0 aliphatic rings. The lowest BCUT2D eigenvalue weighted by molar-refractivity contribution is 0.414. The van der Waals surface area contributed by atoms with Crippen molar-refractivity contribution in [1.82, 2.24) is 0 Å². The van der Waals surface area contributed by atoms with Crippen LogP contribution in [0.3, 0.4) is 0 Å². The zero-order valence-corrected chi connectivity index (χ0v) is 40.8. The van der Waals surface area contributed by atoms with Crippen molar-refractivity contribution in [3.8, 4) is 46.0 Å². The second-order valence-corrected chi connectivity index (χ2v) is 16.6. The first kappa shape index (κ1) is 50.0. The van der Waals surface area contributed by atoms with Crippen molar-refractivity contribution in [3.05, 3.63) is 191 Å². The molecule has 73 heavy (non-hydrogen) atoms. The van der Waals surface area contributed by atoms with Gasteiger partial charge >= 0.3 is 0 Å². The van der Waals surface area contributed by atoms with Gasteiger partial charge in [-0.15, -0.1) is 0 Å². The van der Waals surface area contributed by atoms with Crippen molar-refractivity contribution in [2.45, 2.75) is 32.6 Å². The fourth-order valence-corrected chi connectivity index (χ4v) is 7.79. The maximum absolute atomic E-state index is 12.2. The van der Waals surface area contributed by atoms with Crippen LogP contribution >= 0.6 is 0 Å². The van der Waals surface area contributed by atoms with E-state index in [2.05, 4.69) is 40.9 Å². The molecule has 8 aromatic rings. The number of nitrogens with zero attached hydrogens (tertiary/aromatic N) is 8. The minimum Gasteiger partial charge on any atom is -0.508 e. The third-order valence-electron chi connectivity index (χ3n) is 11.8. The highest BCUT2D eigenvalue weighted by Gasteiger charge is 2.20. The van der Waals surface area contributed by atoms with Crippen LogP contribution in [-0.4, -0.2) is 48.9 Å². The Kier molecular flexibility index (Phi) is 16.0. The third-order valence-corrected chi connectivity index (χ3v) is 11.8. The zero-order valence-electron chi connectivity index (χ0n) is 40.8. The van der Waals surface area contributed by atoms with Crippen LogP contribution < -0.4 is 18.9 Å². The number of azo groups is 4. The molecule has 0 atom stereocenters. The molecule has 0 unspecified atom stereocenters. The van der Waals surface area contributed by atoms with E-state index in [1.165, 1.54) is 6.07 Å². The SMILES string of the molecule is CCc1cc(N=Nc2ccc(OC)cc2)cc(Cc2cc(N=Nc3ccc(OC)cc3)cc(Cc3cc(N=Nc4ccc(OC)cc4)cc(Cc4cc(N=Nc5ccc(OC)cc5)ccc4O)c3O)c2O)c1O. The number of methoxy groups -OCH3 is 4. The van der Waals surface area contributed by atoms with Crippen molar-refractivity contribution in [3.63, 3.8) is 0 Å². The van der Waals surface area contributed by atoms with Crippen LogP contribution in [0.4, 0.5) is 45.5 Å². The standard InChI is InChI=1S/C57H52N8O8/c1-6-35-28-47(63-59-43-9-18-51(71-3)19-10-43)31-38(55(35)67)26-39-32-49(65-61-45-13-22-53(73-5)23-14-45)34-41(57(39)69)27-40-33-48(64-60-44-11-20-52(72-4)21-12-44)30-37(56(40)68)25-36-29-46(15-24-54(36)66)62-58-42-7-16-50(70-2)17-8-42/h7-24,28-34,66-69H,6,25-27H2,1-5H3. The summed E-state index contributed by atoms with van der Waals surface area (Å²) in [5.74, 6) is 2.55. The van der Waals surface area contributed by atoms with Gasteiger partial charge in [-0.25, -0.2) is 0 Å².